The van der Waals surface area contributed by atoms with Gasteiger partial charge in [0, 0.05) is 17.1 Å². The number of carbonyl (C=O) groups excluding carboxylic acids is 2. The van der Waals surface area contributed by atoms with Crippen LogP contribution in [-0.2, 0) is 19.2 Å². The first-order chi connectivity index (χ1) is 21.5. The summed E-state index contributed by atoms with van der Waals surface area (Å²) in [5.41, 5.74) is 4.99. The number of benzene rings is 3. The van der Waals surface area contributed by atoms with Crippen molar-refractivity contribution in [1.29, 1.82) is 0 Å². The van der Waals surface area contributed by atoms with E-state index >= 15 is 0 Å². The van der Waals surface area contributed by atoms with Gasteiger partial charge >= 0.3 is 11.9 Å². The molecule has 2 amide bonds. The highest BCUT2D eigenvalue weighted by Crippen LogP contribution is 2.37. The van der Waals surface area contributed by atoms with Crippen molar-refractivity contribution in [3.8, 4) is 0 Å². The van der Waals surface area contributed by atoms with Gasteiger partial charge in [-0.25, -0.2) is 0 Å². The van der Waals surface area contributed by atoms with Crippen molar-refractivity contribution >= 4 is 116 Å². The second kappa shape index (κ2) is 13.6. The number of nitrogens with zero attached hydrogens (tertiary/aromatic N) is 3. The molecule has 13 heteroatoms. The van der Waals surface area contributed by atoms with Crippen molar-refractivity contribution in [2.24, 2.45) is 0 Å². The molecule has 0 atom stereocenters. The van der Waals surface area contributed by atoms with Crippen molar-refractivity contribution in [1.82, 2.24) is 9.80 Å². The molecule has 0 bridgehead atoms. The number of aliphatic carboxylic acids is 2. The molecule has 2 aliphatic heterocycles. The first-order valence-corrected chi connectivity index (χ1v) is 15.7. The van der Waals surface area contributed by atoms with Gasteiger partial charge in [0.1, 0.15) is 21.7 Å². The second-order valence-corrected chi connectivity index (χ2v) is 13.0. The summed E-state index contributed by atoms with van der Waals surface area (Å²) in [6.45, 7) is 2.86. The van der Waals surface area contributed by atoms with Crippen molar-refractivity contribution in [3.05, 3.63) is 106 Å². The fourth-order valence-electron chi connectivity index (χ4n) is 4.49. The van der Waals surface area contributed by atoms with Gasteiger partial charge in [0.2, 0.25) is 0 Å². The molecule has 2 fully saturated rings. The van der Waals surface area contributed by atoms with E-state index in [1.807, 2.05) is 77.7 Å². The SMILES string of the molecule is C=Cc1ccc(N(c2ccc(/C=C3\SC(=S)N(CC(=O)O)C3=O)cc2)c2ccc(/C=C3/SC(=S)N(CC(=O)O)C3=O)cc2)cc1. The van der Waals surface area contributed by atoms with Crippen LogP contribution in [0.5, 0.6) is 0 Å². The minimum Gasteiger partial charge on any atom is -0.480 e. The molecule has 3 aromatic carbocycles. The summed E-state index contributed by atoms with van der Waals surface area (Å²) >= 11 is 12.5. The van der Waals surface area contributed by atoms with E-state index in [4.69, 9.17) is 34.6 Å². The zero-order valence-corrected chi connectivity index (χ0v) is 26.5. The molecule has 0 aromatic heterocycles. The standard InChI is InChI=1S/C32H23N3O6S4/c1-2-19-3-9-22(10-4-19)35(23-11-5-20(6-12-23)15-25-29(40)33(17-27(36)37)31(42)44-25)24-13-7-21(8-14-24)16-26-30(41)34(18-28(38)39)32(43)45-26/h2-16H,1,17-18H2,(H,36,37)(H,38,39)/b25-15-,26-16+. The van der Waals surface area contributed by atoms with Gasteiger partial charge in [0.25, 0.3) is 11.8 Å². The summed E-state index contributed by atoms with van der Waals surface area (Å²) in [7, 11) is 0. The number of hydrogen-bond donors (Lipinski definition) is 2. The van der Waals surface area contributed by atoms with Crippen LogP contribution in [0.25, 0.3) is 18.2 Å². The Balaban J connectivity index is 1.43. The molecule has 9 nitrogen and oxygen atoms in total. The van der Waals surface area contributed by atoms with E-state index in [0.29, 0.717) is 9.81 Å². The molecule has 226 valence electrons. The van der Waals surface area contributed by atoms with E-state index in [0.717, 1.165) is 67.1 Å². The molecule has 0 radical (unpaired) electrons. The van der Waals surface area contributed by atoms with Crippen molar-refractivity contribution in [2.75, 3.05) is 18.0 Å². The van der Waals surface area contributed by atoms with E-state index in [1.54, 1.807) is 18.2 Å². The number of thiocarbonyl (C=S) groups is 2. The third-order valence-corrected chi connectivity index (χ3v) is 9.37. The van der Waals surface area contributed by atoms with Crippen LogP contribution in [0.4, 0.5) is 17.1 Å². The van der Waals surface area contributed by atoms with Crippen molar-refractivity contribution in [2.45, 2.75) is 0 Å². The predicted octanol–water partition coefficient (Wildman–Crippen LogP) is 6.37. The highest BCUT2D eigenvalue weighted by atomic mass is 32.2. The number of hydrogen-bond acceptors (Lipinski definition) is 9. The molecule has 2 N–H and O–H groups in total. The predicted molar refractivity (Wildman–Crippen MR) is 186 cm³/mol. The fraction of sp³-hybridized carbons (Fsp3) is 0.0625. The Labute approximate surface area is 277 Å². The zero-order valence-electron chi connectivity index (χ0n) is 23.3. The molecule has 0 unspecified atom stereocenters. The lowest BCUT2D eigenvalue weighted by atomic mass is 10.1. The van der Waals surface area contributed by atoms with E-state index in [-0.39, 0.29) is 8.64 Å². The number of carboxylic acid groups (broad SMARTS) is 2. The smallest absolute Gasteiger partial charge is 0.323 e. The van der Waals surface area contributed by atoms with Crippen molar-refractivity contribution in [3.63, 3.8) is 0 Å². The number of amides is 2. The minimum atomic E-state index is -1.14. The molecular formula is C32H23N3O6S4. The van der Waals surface area contributed by atoms with Gasteiger partial charge in [-0.05, 0) is 65.2 Å². The minimum absolute atomic E-state index is 0.203. The van der Waals surface area contributed by atoms with Gasteiger partial charge in [0.05, 0.1) is 9.81 Å². The molecule has 0 spiro atoms. The average Bonchev–Trinajstić information content (AvgIpc) is 3.42. The lowest BCUT2D eigenvalue weighted by Gasteiger charge is -2.26. The molecule has 0 saturated carbocycles. The maximum Gasteiger partial charge on any atom is 0.323 e. The van der Waals surface area contributed by atoms with Crippen LogP contribution in [0.15, 0.2) is 89.2 Å². The molecule has 2 heterocycles. The summed E-state index contributed by atoms with van der Waals surface area (Å²) in [5.74, 6) is -3.16. The van der Waals surface area contributed by atoms with Gasteiger partial charge in [0.15, 0.2) is 0 Å². The first kappa shape index (κ1) is 31.9. The number of anilines is 3. The molecule has 0 aliphatic carbocycles. The third kappa shape index (κ3) is 7.23. The van der Waals surface area contributed by atoms with E-state index < -0.39 is 36.8 Å². The Morgan fingerprint density at radius 1 is 0.667 bits per heavy atom. The highest BCUT2D eigenvalue weighted by molar-refractivity contribution is 8.27. The number of carbonyl (C=O) groups is 4. The van der Waals surface area contributed by atoms with Crippen LogP contribution < -0.4 is 4.90 Å². The first-order valence-electron chi connectivity index (χ1n) is 13.2. The van der Waals surface area contributed by atoms with Crippen LogP contribution in [-0.4, -0.2) is 65.5 Å². The molecule has 2 saturated heterocycles. The summed E-state index contributed by atoms with van der Waals surface area (Å²) in [6.07, 6.45) is 5.12. The maximum absolute atomic E-state index is 12.7. The van der Waals surface area contributed by atoms with Gasteiger partial charge in [-0.3, -0.25) is 29.0 Å². The normalized spacial score (nSPS) is 16.6. The molecule has 45 heavy (non-hydrogen) atoms. The number of rotatable bonds is 10. The van der Waals surface area contributed by atoms with Crippen LogP contribution in [0.3, 0.4) is 0 Å². The zero-order chi connectivity index (χ0) is 32.2. The third-order valence-electron chi connectivity index (χ3n) is 6.62. The fourth-order valence-corrected chi connectivity index (χ4v) is 7.00. The molecule has 2 aliphatic rings. The van der Waals surface area contributed by atoms with E-state index in [9.17, 15) is 19.2 Å². The van der Waals surface area contributed by atoms with Crippen LogP contribution in [0.2, 0.25) is 0 Å². The quantitative estimate of drug-likeness (QED) is 0.185. The van der Waals surface area contributed by atoms with E-state index in [1.165, 1.54) is 0 Å². The van der Waals surface area contributed by atoms with Gasteiger partial charge in [-0.1, -0.05) is 97.0 Å². The lowest BCUT2D eigenvalue weighted by molar-refractivity contribution is -0.140. The lowest BCUT2D eigenvalue weighted by Crippen LogP contribution is -2.33. The van der Waals surface area contributed by atoms with Gasteiger partial charge in [-0.15, -0.1) is 0 Å². The average molecular weight is 674 g/mol. The topological polar surface area (TPSA) is 118 Å². The van der Waals surface area contributed by atoms with Crippen LogP contribution in [0.1, 0.15) is 16.7 Å². The Kier molecular flexibility index (Phi) is 9.63. The van der Waals surface area contributed by atoms with E-state index in [2.05, 4.69) is 6.58 Å². The second-order valence-electron chi connectivity index (χ2n) is 9.64. The summed E-state index contributed by atoms with van der Waals surface area (Å²) < 4.78 is 0.407. The Morgan fingerprint density at radius 2 is 1.00 bits per heavy atom. The summed E-state index contributed by atoms with van der Waals surface area (Å²) in [4.78, 5) is 52.5. The van der Waals surface area contributed by atoms with Gasteiger partial charge < -0.3 is 15.1 Å². The van der Waals surface area contributed by atoms with Crippen molar-refractivity contribution < 1.29 is 29.4 Å². The Morgan fingerprint density at radius 3 is 1.31 bits per heavy atom. The van der Waals surface area contributed by atoms with Gasteiger partial charge in [-0.2, -0.15) is 0 Å². The van der Waals surface area contributed by atoms with Crippen LogP contribution in [0, 0.1) is 0 Å². The monoisotopic (exact) mass is 673 g/mol. The highest BCUT2D eigenvalue weighted by Gasteiger charge is 2.34. The van der Waals surface area contributed by atoms with Crippen LogP contribution >= 0.6 is 48.0 Å². The molecule has 3 aromatic rings. The number of carboxylic acids is 2. The maximum atomic E-state index is 12.7. The molecular weight excluding hydrogens is 651 g/mol. The summed E-state index contributed by atoms with van der Waals surface area (Å²) in [5, 5.41) is 18.2. The molecule has 5 rings (SSSR count). The Hall–Kier alpha value is -4.56. The number of thioether (sulfide) groups is 2. The summed E-state index contributed by atoms with van der Waals surface area (Å²) in [6, 6.07) is 22.9. The largest absolute Gasteiger partial charge is 0.480 e. The Bertz CT molecular complexity index is 1690.